The monoisotopic (exact) mass is 376 g/mol. The van der Waals surface area contributed by atoms with Crippen molar-refractivity contribution in [2.45, 2.75) is 13.8 Å². The van der Waals surface area contributed by atoms with Gasteiger partial charge in [0.1, 0.15) is 5.75 Å². The molecule has 0 aliphatic carbocycles. The number of carbonyl (C=O) groups excluding carboxylic acids is 2. The first-order valence-corrected chi connectivity index (χ1v) is 8.74. The maximum atomic E-state index is 12.2. The second-order valence-corrected chi connectivity index (χ2v) is 6.06. The highest BCUT2D eigenvalue weighted by molar-refractivity contribution is 5.99. The van der Waals surface area contributed by atoms with Gasteiger partial charge in [0.2, 0.25) is 5.91 Å². The Morgan fingerprint density at radius 2 is 1.46 bits per heavy atom. The first kappa shape index (κ1) is 19.0. The van der Waals surface area contributed by atoms with Gasteiger partial charge < -0.3 is 15.4 Å². The SMILES string of the molecule is Cc1nc(Oc2ccccc2)nc(C)c1NC(=O)CNC(=O)c1ccccc1. The van der Waals surface area contributed by atoms with E-state index in [2.05, 4.69) is 20.6 Å². The lowest BCUT2D eigenvalue weighted by Crippen LogP contribution is -2.33. The Morgan fingerprint density at radius 1 is 0.893 bits per heavy atom. The maximum Gasteiger partial charge on any atom is 0.322 e. The molecule has 142 valence electrons. The molecule has 0 aliphatic heterocycles. The standard InChI is InChI=1S/C21H20N4O3/c1-14-19(15(2)24-21(23-14)28-17-11-7-4-8-12-17)25-18(26)13-22-20(27)16-9-5-3-6-10-16/h3-12H,13H2,1-2H3,(H,22,27)(H,25,26). The van der Waals surface area contributed by atoms with Crippen molar-refractivity contribution in [2.75, 3.05) is 11.9 Å². The quantitative estimate of drug-likeness (QED) is 0.689. The summed E-state index contributed by atoms with van der Waals surface area (Å²) in [6.07, 6.45) is 0. The number of aromatic nitrogens is 2. The summed E-state index contributed by atoms with van der Waals surface area (Å²) >= 11 is 0. The fraction of sp³-hybridized carbons (Fsp3) is 0.143. The molecule has 0 radical (unpaired) electrons. The highest BCUT2D eigenvalue weighted by Crippen LogP contribution is 2.23. The lowest BCUT2D eigenvalue weighted by molar-refractivity contribution is -0.115. The molecule has 2 N–H and O–H groups in total. The summed E-state index contributed by atoms with van der Waals surface area (Å²) < 4.78 is 5.64. The largest absolute Gasteiger partial charge is 0.424 e. The topological polar surface area (TPSA) is 93.2 Å². The van der Waals surface area contributed by atoms with Crippen molar-refractivity contribution in [3.05, 3.63) is 77.6 Å². The summed E-state index contributed by atoms with van der Waals surface area (Å²) in [5.41, 5.74) is 2.13. The van der Waals surface area contributed by atoms with Gasteiger partial charge in [-0.1, -0.05) is 36.4 Å². The Hall–Kier alpha value is -3.74. The van der Waals surface area contributed by atoms with E-state index in [-0.39, 0.29) is 24.4 Å². The van der Waals surface area contributed by atoms with Gasteiger partial charge in [0, 0.05) is 5.56 Å². The molecular formula is C21H20N4O3. The van der Waals surface area contributed by atoms with Crippen LogP contribution in [0.25, 0.3) is 0 Å². The van der Waals surface area contributed by atoms with E-state index in [9.17, 15) is 9.59 Å². The zero-order chi connectivity index (χ0) is 19.9. The predicted octanol–water partition coefficient (Wildman–Crippen LogP) is 3.25. The van der Waals surface area contributed by atoms with Crippen molar-refractivity contribution in [3.8, 4) is 11.8 Å². The number of nitrogens with zero attached hydrogens (tertiary/aromatic N) is 2. The number of anilines is 1. The van der Waals surface area contributed by atoms with Crippen LogP contribution in [0.4, 0.5) is 5.69 Å². The van der Waals surface area contributed by atoms with Crippen LogP contribution >= 0.6 is 0 Å². The van der Waals surface area contributed by atoms with Gasteiger partial charge in [-0.05, 0) is 38.1 Å². The van der Waals surface area contributed by atoms with Crippen molar-refractivity contribution in [3.63, 3.8) is 0 Å². The molecule has 0 spiro atoms. The third-order valence-corrected chi connectivity index (χ3v) is 3.91. The van der Waals surface area contributed by atoms with Crippen molar-refractivity contribution in [2.24, 2.45) is 0 Å². The number of hydrogen-bond acceptors (Lipinski definition) is 5. The molecule has 0 bridgehead atoms. The van der Waals surface area contributed by atoms with E-state index < -0.39 is 0 Å². The first-order valence-electron chi connectivity index (χ1n) is 8.74. The lowest BCUT2D eigenvalue weighted by atomic mass is 10.2. The molecule has 28 heavy (non-hydrogen) atoms. The van der Waals surface area contributed by atoms with Crippen LogP contribution in [0.3, 0.4) is 0 Å². The van der Waals surface area contributed by atoms with Gasteiger partial charge in [-0.3, -0.25) is 9.59 Å². The normalized spacial score (nSPS) is 10.2. The highest BCUT2D eigenvalue weighted by atomic mass is 16.5. The summed E-state index contributed by atoms with van der Waals surface area (Å²) in [5.74, 6) is -0.0513. The minimum atomic E-state index is -0.365. The van der Waals surface area contributed by atoms with Gasteiger partial charge in [0.05, 0.1) is 23.6 Å². The van der Waals surface area contributed by atoms with E-state index in [4.69, 9.17) is 4.74 Å². The molecule has 3 rings (SSSR count). The Morgan fingerprint density at radius 3 is 2.07 bits per heavy atom. The number of para-hydroxylation sites is 1. The summed E-state index contributed by atoms with van der Waals surface area (Å²) in [4.78, 5) is 32.8. The van der Waals surface area contributed by atoms with Crippen molar-refractivity contribution in [1.29, 1.82) is 0 Å². The molecule has 0 unspecified atom stereocenters. The molecule has 0 saturated heterocycles. The lowest BCUT2D eigenvalue weighted by Gasteiger charge is -2.13. The van der Waals surface area contributed by atoms with Crippen LogP contribution in [0, 0.1) is 13.8 Å². The van der Waals surface area contributed by atoms with Gasteiger partial charge in [0.25, 0.3) is 5.91 Å². The van der Waals surface area contributed by atoms with Crippen LogP contribution in [-0.4, -0.2) is 28.3 Å². The molecule has 0 aliphatic rings. The Bertz CT molecular complexity index is 952. The molecule has 7 nitrogen and oxygen atoms in total. The summed E-state index contributed by atoms with van der Waals surface area (Å²) in [6, 6.07) is 18.1. The zero-order valence-electron chi connectivity index (χ0n) is 15.6. The van der Waals surface area contributed by atoms with Gasteiger partial charge >= 0.3 is 6.01 Å². The van der Waals surface area contributed by atoms with Crippen molar-refractivity contribution < 1.29 is 14.3 Å². The predicted molar refractivity (Wildman–Crippen MR) is 105 cm³/mol. The van der Waals surface area contributed by atoms with Gasteiger partial charge in [-0.15, -0.1) is 0 Å². The van der Waals surface area contributed by atoms with E-state index in [0.717, 1.165) is 0 Å². The van der Waals surface area contributed by atoms with Crippen LogP contribution in [0.15, 0.2) is 60.7 Å². The molecule has 7 heteroatoms. The first-order chi connectivity index (χ1) is 13.5. The molecule has 2 aromatic carbocycles. The minimum Gasteiger partial charge on any atom is -0.424 e. The average molecular weight is 376 g/mol. The summed E-state index contributed by atoms with van der Waals surface area (Å²) in [6.45, 7) is 3.35. The number of aryl methyl sites for hydroxylation is 2. The van der Waals surface area contributed by atoms with Gasteiger partial charge in [-0.2, -0.15) is 9.97 Å². The van der Waals surface area contributed by atoms with Crippen molar-refractivity contribution in [1.82, 2.24) is 15.3 Å². The molecule has 2 amide bonds. The second kappa shape index (κ2) is 8.77. The number of hydrogen-bond donors (Lipinski definition) is 2. The number of carbonyl (C=O) groups is 2. The molecule has 0 fully saturated rings. The van der Waals surface area contributed by atoms with Crippen LogP contribution in [-0.2, 0) is 4.79 Å². The fourth-order valence-corrected chi connectivity index (χ4v) is 2.54. The zero-order valence-corrected chi connectivity index (χ0v) is 15.6. The average Bonchev–Trinajstić information content (AvgIpc) is 2.70. The maximum absolute atomic E-state index is 12.2. The van der Waals surface area contributed by atoms with E-state index in [1.165, 1.54) is 0 Å². The van der Waals surface area contributed by atoms with E-state index in [0.29, 0.717) is 28.4 Å². The second-order valence-electron chi connectivity index (χ2n) is 6.06. The third-order valence-electron chi connectivity index (χ3n) is 3.91. The minimum absolute atomic E-state index is 0.158. The number of rotatable bonds is 6. The van der Waals surface area contributed by atoms with Crippen LogP contribution in [0.5, 0.6) is 11.8 Å². The van der Waals surface area contributed by atoms with Gasteiger partial charge in [-0.25, -0.2) is 0 Å². The Labute approximate surface area is 162 Å². The Balaban J connectivity index is 1.62. The van der Waals surface area contributed by atoms with Crippen LogP contribution < -0.4 is 15.4 Å². The van der Waals surface area contributed by atoms with Crippen LogP contribution in [0.2, 0.25) is 0 Å². The van der Waals surface area contributed by atoms with Crippen molar-refractivity contribution >= 4 is 17.5 Å². The fourth-order valence-electron chi connectivity index (χ4n) is 2.54. The van der Waals surface area contributed by atoms with E-state index in [1.54, 1.807) is 50.2 Å². The summed E-state index contributed by atoms with van der Waals surface area (Å²) in [7, 11) is 0. The molecular weight excluding hydrogens is 356 g/mol. The molecule has 1 heterocycles. The third kappa shape index (κ3) is 4.91. The number of amides is 2. The molecule has 0 saturated carbocycles. The Kier molecular flexibility index (Phi) is 5.96. The molecule has 0 atom stereocenters. The van der Waals surface area contributed by atoms with E-state index in [1.807, 2.05) is 24.3 Å². The number of benzene rings is 2. The number of ether oxygens (including phenoxy) is 1. The molecule has 1 aromatic heterocycles. The summed E-state index contributed by atoms with van der Waals surface area (Å²) in [5, 5.41) is 5.33. The van der Waals surface area contributed by atoms with Crippen LogP contribution in [0.1, 0.15) is 21.7 Å². The van der Waals surface area contributed by atoms with Gasteiger partial charge in [0.15, 0.2) is 0 Å². The molecule has 3 aromatic rings. The number of nitrogens with one attached hydrogen (secondary N) is 2. The smallest absolute Gasteiger partial charge is 0.322 e. The highest BCUT2D eigenvalue weighted by Gasteiger charge is 2.14. The van der Waals surface area contributed by atoms with E-state index >= 15 is 0 Å².